The van der Waals surface area contributed by atoms with Crippen LogP contribution in [0.5, 0.6) is 0 Å². The fraction of sp³-hybridized carbons (Fsp3) is 1.00. The molecule has 0 radical (unpaired) electrons. The number of alkyl halides is 3. The highest BCUT2D eigenvalue weighted by Crippen LogP contribution is 2.15. The molecule has 0 bridgehead atoms. The van der Waals surface area contributed by atoms with Gasteiger partial charge in [-0.25, -0.2) is 0 Å². The SMILES string of the molecule is CCN(CCNCCCC(C)C)CC(F)(F)F. The average Bonchev–Trinajstić information content (AvgIpc) is 2.19. The van der Waals surface area contributed by atoms with Crippen molar-refractivity contribution in [3.05, 3.63) is 0 Å². The largest absolute Gasteiger partial charge is 0.401 e. The van der Waals surface area contributed by atoms with Gasteiger partial charge < -0.3 is 5.32 Å². The van der Waals surface area contributed by atoms with Gasteiger partial charge in [0.15, 0.2) is 0 Å². The van der Waals surface area contributed by atoms with Gasteiger partial charge in [-0.1, -0.05) is 20.8 Å². The van der Waals surface area contributed by atoms with Crippen molar-refractivity contribution in [3.63, 3.8) is 0 Å². The molecule has 104 valence electrons. The summed E-state index contributed by atoms with van der Waals surface area (Å²) in [4.78, 5) is 1.41. The lowest BCUT2D eigenvalue weighted by Crippen LogP contribution is -2.38. The molecule has 0 amide bonds. The van der Waals surface area contributed by atoms with E-state index in [2.05, 4.69) is 19.2 Å². The number of hydrogen-bond acceptors (Lipinski definition) is 2. The number of rotatable bonds is 9. The van der Waals surface area contributed by atoms with Crippen LogP contribution in [0.25, 0.3) is 0 Å². The summed E-state index contributed by atoms with van der Waals surface area (Å²) >= 11 is 0. The first-order valence-corrected chi connectivity index (χ1v) is 6.35. The summed E-state index contributed by atoms with van der Waals surface area (Å²) in [5, 5.41) is 3.18. The van der Waals surface area contributed by atoms with Crippen molar-refractivity contribution in [2.24, 2.45) is 5.92 Å². The van der Waals surface area contributed by atoms with Crippen LogP contribution in [0.2, 0.25) is 0 Å². The number of nitrogens with zero attached hydrogens (tertiary/aromatic N) is 1. The number of likely N-dealkylation sites (N-methyl/N-ethyl adjacent to an activating group) is 1. The van der Waals surface area contributed by atoms with Crippen molar-refractivity contribution in [3.8, 4) is 0 Å². The Hall–Kier alpha value is -0.290. The summed E-state index contributed by atoms with van der Waals surface area (Å²) in [5.41, 5.74) is 0. The van der Waals surface area contributed by atoms with E-state index in [9.17, 15) is 13.2 Å². The predicted molar refractivity (Wildman–Crippen MR) is 65.1 cm³/mol. The molecule has 0 aliphatic rings. The van der Waals surface area contributed by atoms with Gasteiger partial charge in [0.2, 0.25) is 0 Å². The standard InChI is InChI=1S/C12H25F3N2/c1-4-17(10-12(13,14)15)9-8-16-7-5-6-11(2)3/h11,16H,4-10H2,1-3H3. The summed E-state index contributed by atoms with van der Waals surface area (Å²) in [7, 11) is 0. The number of hydrogen-bond donors (Lipinski definition) is 1. The van der Waals surface area contributed by atoms with Crippen LogP contribution >= 0.6 is 0 Å². The molecule has 0 unspecified atom stereocenters. The maximum Gasteiger partial charge on any atom is 0.401 e. The highest BCUT2D eigenvalue weighted by Gasteiger charge is 2.29. The minimum Gasteiger partial charge on any atom is -0.315 e. The van der Waals surface area contributed by atoms with Crippen molar-refractivity contribution in [1.82, 2.24) is 10.2 Å². The van der Waals surface area contributed by atoms with E-state index in [0.717, 1.165) is 19.4 Å². The molecule has 2 nitrogen and oxygen atoms in total. The Morgan fingerprint density at radius 1 is 1.18 bits per heavy atom. The van der Waals surface area contributed by atoms with Crippen molar-refractivity contribution in [2.45, 2.75) is 39.8 Å². The summed E-state index contributed by atoms with van der Waals surface area (Å²) in [6.45, 7) is 7.70. The topological polar surface area (TPSA) is 15.3 Å². The Morgan fingerprint density at radius 3 is 2.29 bits per heavy atom. The van der Waals surface area contributed by atoms with E-state index in [0.29, 0.717) is 25.6 Å². The molecule has 0 atom stereocenters. The van der Waals surface area contributed by atoms with Gasteiger partial charge in [-0.05, 0) is 31.8 Å². The van der Waals surface area contributed by atoms with Crippen LogP contribution in [0, 0.1) is 5.92 Å². The first-order chi connectivity index (χ1) is 7.85. The van der Waals surface area contributed by atoms with Crippen LogP contribution in [-0.4, -0.2) is 43.8 Å². The molecule has 0 aliphatic carbocycles. The third-order valence-corrected chi connectivity index (χ3v) is 2.59. The zero-order valence-electron chi connectivity index (χ0n) is 11.1. The Kier molecular flexibility index (Phi) is 8.60. The van der Waals surface area contributed by atoms with Crippen molar-refractivity contribution in [2.75, 3.05) is 32.7 Å². The van der Waals surface area contributed by atoms with Crippen molar-refractivity contribution < 1.29 is 13.2 Å². The molecule has 0 saturated heterocycles. The highest BCUT2D eigenvalue weighted by atomic mass is 19.4. The smallest absolute Gasteiger partial charge is 0.315 e. The molecule has 0 rings (SSSR count). The van der Waals surface area contributed by atoms with Crippen LogP contribution in [-0.2, 0) is 0 Å². The molecule has 0 heterocycles. The Balaban J connectivity index is 3.50. The van der Waals surface area contributed by atoms with E-state index >= 15 is 0 Å². The zero-order chi connectivity index (χ0) is 13.3. The second kappa shape index (κ2) is 8.75. The first-order valence-electron chi connectivity index (χ1n) is 6.35. The quantitative estimate of drug-likeness (QED) is 0.636. The van der Waals surface area contributed by atoms with Crippen molar-refractivity contribution >= 4 is 0 Å². The van der Waals surface area contributed by atoms with Gasteiger partial charge in [0.25, 0.3) is 0 Å². The van der Waals surface area contributed by atoms with E-state index in [1.54, 1.807) is 6.92 Å². The average molecular weight is 254 g/mol. The predicted octanol–water partition coefficient (Wildman–Crippen LogP) is 2.90. The molecule has 0 spiro atoms. The van der Waals surface area contributed by atoms with Gasteiger partial charge in [0.1, 0.15) is 0 Å². The van der Waals surface area contributed by atoms with Gasteiger partial charge in [0, 0.05) is 13.1 Å². The molecule has 5 heteroatoms. The molecular weight excluding hydrogens is 229 g/mol. The molecule has 0 aromatic rings. The van der Waals surface area contributed by atoms with Gasteiger partial charge >= 0.3 is 6.18 Å². The molecule has 0 saturated carbocycles. The van der Waals surface area contributed by atoms with E-state index in [-0.39, 0.29) is 0 Å². The summed E-state index contributed by atoms with van der Waals surface area (Å²) in [6, 6.07) is 0. The maximum atomic E-state index is 12.1. The third kappa shape index (κ3) is 12.0. The van der Waals surface area contributed by atoms with E-state index in [4.69, 9.17) is 0 Å². The molecule has 0 aromatic carbocycles. The first kappa shape index (κ1) is 16.7. The molecule has 0 aromatic heterocycles. The van der Waals surface area contributed by atoms with Crippen molar-refractivity contribution in [1.29, 1.82) is 0 Å². The van der Waals surface area contributed by atoms with E-state index in [1.807, 2.05) is 0 Å². The highest BCUT2D eigenvalue weighted by molar-refractivity contribution is 4.63. The van der Waals surface area contributed by atoms with Crippen LogP contribution in [0.1, 0.15) is 33.6 Å². The fourth-order valence-electron chi connectivity index (χ4n) is 1.60. The van der Waals surface area contributed by atoms with E-state index < -0.39 is 12.7 Å². The summed E-state index contributed by atoms with van der Waals surface area (Å²) in [5.74, 6) is 0.689. The molecule has 0 aliphatic heterocycles. The molecule has 17 heavy (non-hydrogen) atoms. The lowest BCUT2D eigenvalue weighted by molar-refractivity contribution is -0.145. The Bertz CT molecular complexity index is 181. The van der Waals surface area contributed by atoms with Crippen LogP contribution in [0.3, 0.4) is 0 Å². The van der Waals surface area contributed by atoms with Gasteiger partial charge in [-0.2, -0.15) is 13.2 Å². The molecular formula is C12H25F3N2. The Labute approximate surface area is 103 Å². The second-order valence-corrected chi connectivity index (χ2v) is 4.77. The third-order valence-electron chi connectivity index (χ3n) is 2.59. The number of nitrogens with one attached hydrogen (secondary N) is 1. The molecule has 1 N–H and O–H groups in total. The lowest BCUT2D eigenvalue weighted by atomic mass is 10.1. The monoisotopic (exact) mass is 254 g/mol. The van der Waals surface area contributed by atoms with E-state index in [1.165, 1.54) is 4.90 Å². The van der Waals surface area contributed by atoms with Crippen LogP contribution < -0.4 is 5.32 Å². The maximum absolute atomic E-state index is 12.1. The number of halogens is 3. The second-order valence-electron chi connectivity index (χ2n) is 4.77. The lowest BCUT2D eigenvalue weighted by Gasteiger charge is -2.21. The summed E-state index contributed by atoms with van der Waals surface area (Å²) < 4.78 is 36.4. The minimum absolute atomic E-state index is 0.438. The van der Waals surface area contributed by atoms with Crippen LogP contribution in [0.4, 0.5) is 13.2 Å². The minimum atomic E-state index is -4.09. The Morgan fingerprint density at radius 2 is 1.82 bits per heavy atom. The zero-order valence-corrected chi connectivity index (χ0v) is 11.1. The molecule has 0 fully saturated rings. The summed E-state index contributed by atoms with van der Waals surface area (Å²) in [6.07, 6.45) is -1.84. The van der Waals surface area contributed by atoms with Crippen LogP contribution in [0.15, 0.2) is 0 Å². The normalized spacial score (nSPS) is 12.7. The van der Waals surface area contributed by atoms with Gasteiger partial charge in [-0.15, -0.1) is 0 Å². The van der Waals surface area contributed by atoms with Gasteiger partial charge in [-0.3, -0.25) is 4.90 Å². The fourth-order valence-corrected chi connectivity index (χ4v) is 1.60. The van der Waals surface area contributed by atoms with Gasteiger partial charge in [0.05, 0.1) is 6.54 Å².